The van der Waals surface area contributed by atoms with Crippen LogP contribution in [0.5, 0.6) is 0 Å². The van der Waals surface area contributed by atoms with Gasteiger partial charge in [-0.1, -0.05) is 65.0 Å². The second kappa shape index (κ2) is 4.14. The summed E-state index contributed by atoms with van der Waals surface area (Å²) in [4.78, 5) is 12.3. The van der Waals surface area contributed by atoms with E-state index in [1.54, 1.807) is 0 Å². The molecule has 3 aliphatic carbocycles. The average Bonchev–Trinajstić information content (AvgIpc) is 2.31. The van der Waals surface area contributed by atoms with Crippen LogP contribution in [0.25, 0.3) is 0 Å². The van der Waals surface area contributed by atoms with Crippen molar-refractivity contribution in [2.45, 2.75) is 31.6 Å². The van der Waals surface area contributed by atoms with E-state index in [2.05, 4.69) is 6.08 Å². The molecule has 100 valence electrons. The number of allylic oxidation sites excluding steroid dienone is 2. The summed E-state index contributed by atoms with van der Waals surface area (Å²) in [5, 5.41) is 1.25. The predicted octanol–water partition coefficient (Wildman–Crippen LogP) is 5.57. The number of ketones is 1. The molecule has 0 radical (unpaired) electrons. The van der Waals surface area contributed by atoms with Crippen LogP contribution in [0.4, 0.5) is 0 Å². The van der Waals surface area contributed by atoms with E-state index in [-0.39, 0.29) is 21.7 Å². The summed E-state index contributed by atoms with van der Waals surface area (Å²) in [5.74, 6) is -0.178. The third-order valence-electron chi connectivity index (χ3n) is 4.03. The Labute approximate surface area is 131 Å². The number of rotatable bonds is 0. The number of fused-ring (bicyclic) bond motifs is 1. The monoisotopic (exact) mass is 334 g/mol. The average molecular weight is 336 g/mol. The number of benzene rings is 1. The molecule has 0 spiro atoms. The van der Waals surface area contributed by atoms with Gasteiger partial charge < -0.3 is 0 Å². The van der Waals surface area contributed by atoms with Gasteiger partial charge >= 0.3 is 0 Å². The molecule has 0 amide bonds. The predicted molar refractivity (Wildman–Crippen MR) is 80.0 cm³/mol. The van der Waals surface area contributed by atoms with E-state index in [0.29, 0.717) is 16.5 Å². The first kappa shape index (κ1) is 13.8. The Morgan fingerprint density at radius 3 is 2.26 bits per heavy atom. The smallest absolute Gasteiger partial charge is 0.145 e. The van der Waals surface area contributed by atoms with Crippen molar-refractivity contribution in [1.82, 2.24) is 0 Å². The molecule has 4 rings (SSSR count). The second-order valence-electron chi connectivity index (χ2n) is 5.43. The van der Waals surface area contributed by atoms with Gasteiger partial charge in [0.25, 0.3) is 0 Å². The molecule has 1 aromatic rings. The molecule has 0 unspecified atom stereocenters. The summed E-state index contributed by atoms with van der Waals surface area (Å²) in [6.07, 6.45) is 2.52. The Balaban J connectivity index is 2.47. The summed E-state index contributed by atoms with van der Waals surface area (Å²) >= 11 is 24.9. The topological polar surface area (TPSA) is 17.1 Å². The maximum Gasteiger partial charge on any atom is 0.145 e. The van der Waals surface area contributed by atoms with E-state index in [1.807, 2.05) is 13.8 Å². The van der Waals surface area contributed by atoms with Gasteiger partial charge in [-0.15, -0.1) is 0 Å². The molecule has 3 aliphatic rings. The summed E-state index contributed by atoms with van der Waals surface area (Å²) in [6, 6.07) is 0. The third kappa shape index (κ3) is 1.65. The van der Waals surface area contributed by atoms with Crippen molar-refractivity contribution in [1.29, 1.82) is 0 Å². The third-order valence-corrected chi connectivity index (χ3v) is 5.84. The van der Waals surface area contributed by atoms with Gasteiger partial charge in [-0.05, 0) is 18.1 Å². The first-order valence-corrected chi connectivity index (χ1v) is 7.37. The highest BCUT2D eigenvalue weighted by Crippen LogP contribution is 2.57. The van der Waals surface area contributed by atoms with Gasteiger partial charge in [0.1, 0.15) is 5.78 Å². The highest BCUT2D eigenvalue weighted by molar-refractivity contribution is 6.52. The molecular formula is C14H10Cl4O. The van der Waals surface area contributed by atoms with Crippen molar-refractivity contribution in [3.63, 3.8) is 0 Å². The standard InChI is InChI=1S/C14H10Cl4O/c1-5-3-14(2)4-6(19)7(5)8-9(14)11(16)13(18)12(17)10(8)15/h3,7H,4H2,1-2H3/t7-,14+/m1/s1. The van der Waals surface area contributed by atoms with Crippen LogP contribution >= 0.6 is 46.4 Å². The first-order chi connectivity index (χ1) is 8.78. The lowest BCUT2D eigenvalue weighted by Crippen LogP contribution is -2.40. The Bertz CT molecular complexity index is 662. The van der Waals surface area contributed by atoms with Crippen molar-refractivity contribution in [3.05, 3.63) is 42.9 Å². The van der Waals surface area contributed by atoms with E-state index in [9.17, 15) is 4.79 Å². The molecule has 2 bridgehead atoms. The Morgan fingerprint density at radius 1 is 1.11 bits per heavy atom. The minimum atomic E-state index is -0.444. The number of halogens is 4. The summed E-state index contributed by atoms with van der Waals surface area (Å²) in [6.45, 7) is 3.92. The summed E-state index contributed by atoms with van der Waals surface area (Å²) < 4.78 is 0. The van der Waals surface area contributed by atoms with Crippen LogP contribution in [0.2, 0.25) is 20.1 Å². The number of carbonyl (C=O) groups is 1. The first-order valence-electron chi connectivity index (χ1n) is 5.86. The minimum Gasteiger partial charge on any atom is -0.299 e. The van der Waals surface area contributed by atoms with Gasteiger partial charge in [0, 0.05) is 11.8 Å². The van der Waals surface area contributed by atoms with Crippen molar-refractivity contribution in [2.24, 2.45) is 0 Å². The molecular weight excluding hydrogens is 326 g/mol. The molecule has 0 aromatic heterocycles. The van der Waals surface area contributed by atoms with Gasteiger partial charge in [-0.2, -0.15) is 0 Å². The maximum absolute atomic E-state index is 12.3. The van der Waals surface area contributed by atoms with Gasteiger partial charge in [0.05, 0.1) is 26.0 Å². The zero-order valence-electron chi connectivity index (χ0n) is 10.3. The Hall–Kier alpha value is -0.210. The van der Waals surface area contributed by atoms with Crippen molar-refractivity contribution in [2.75, 3.05) is 0 Å². The fourth-order valence-electron chi connectivity index (χ4n) is 3.38. The van der Waals surface area contributed by atoms with Crippen molar-refractivity contribution >= 4 is 52.2 Å². The minimum absolute atomic E-state index is 0.159. The van der Waals surface area contributed by atoms with E-state index >= 15 is 0 Å². The highest BCUT2D eigenvalue weighted by Gasteiger charge is 2.48. The highest BCUT2D eigenvalue weighted by atomic mass is 35.5. The molecule has 1 nitrogen and oxygen atoms in total. The van der Waals surface area contributed by atoms with Crippen LogP contribution in [0.3, 0.4) is 0 Å². The summed E-state index contributed by atoms with van der Waals surface area (Å²) in [7, 11) is 0. The molecule has 0 fully saturated rings. The van der Waals surface area contributed by atoms with Crippen LogP contribution in [0.1, 0.15) is 37.3 Å². The summed E-state index contributed by atoms with van der Waals surface area (Å²) in [5.41, 5.74) is 2.14. The molecule has 2 atom stereocenters. The van der Waals surface area contributed by atoms with Crippen LogP contribution in [-0.2, 0) is 10.2 Å². The number of hydrogen-bond donors (Lipinski definition) is 0. The molecule has 0 saturated heterocycles. The molecule has 19 heavy (non-hydrogen) atoms. The molecule has 0 N–H and O–H groups in total. The van der Waals surface area contributed by atoms with Gasteiger partial charge in [0.15, 0.2) is 0 Å². The zero-order chi connectivity index (χ0) is 14.1. The molecule has 0 heterocycles. The number of Topliss-reactive ketones (excluding diaryl/α,β-unsaturated/α-hetero) is 1. The number of carbonyl (C=O) groups excluding carboxylic acids is 1. The van der Waals surface area contributed by atoms with Crippen LogP contribution < -0.4 is 0 Å². The Morgan fingerprint density at radius 2 is 1.68 bits per heavy atom. The molecule has 1 aromatic carbocycles. The fourth-order valence-corrected chi connectivity index (χ4v) is 4.57. The fraction of sp³-hybridized carbons (Fsp3) is 0.357. The van der Waals surface area contributed by atoms with Gasteiger partial charge in [-0.25, -0.2) is 0 Å². The molecule has 0 aliphatic heterocycles. The lowest BCUT2D eigenvalue weighted by Gasteiger charge is -2.44. The quantitative estimate of drug-likeness (QED) is 0.344. The van der Waals surface area contributed by atoms with E-state index < -0.39 is 5.41 Å². The zero-order valence-corrected chi connectivity index (χ0v) is 13.3. The normalized spacial score (nSPS) is 28.4. The van der Waals surface area contributed by atoms with Crippen molar-refractivity contribution < 1.29 is 4.79 Å². The van der Waals surface area contributed by atoms with Gasteiger partial charge in [-0.3, -0.25) is 4.79 Å². The molecule has 0 saturated carbocycles. The van der Waals surface area contributed by atoms with Crippen LogP contribution in [-0.4, -0.2) is 5.78 Å². The van der Waals surface area contributed by atoms with Crippen LogP contribution in [0.15, 0.2) is 11.6 Å². The van der Waals surface area contributed by atoms with Gasteiger partial charge in [0.2, 0.25) is 0 Å². The largest absolute Gasteiger partial charge is 0.299 e. The Kier molecular flexibility index (Phi) is 3.00. The lowest BCUT2D eigenvalue weighted by molar-refractivity contribution is -0.121. The molecule has 5 heteroatoms. The SMILES string of the molecule is CC1=C[C@@]2(C)CC(=O)[C@@H]1c1c(Cl)c(Cl)c(Cl)c(Cl)c12. The van der Waals surface area contributed by atoms with E-state index in [4.69, 9.17) is 46.4 Å². The van der Waals surface area contributed by atoms with Crippen molar-refractivity contribution in [3.8, 4) is 0 Å². The lowest BCUT2D eigenvalue weighted by atomic mass is 9.60. The van der Waals surface area contributed by atoms with E-state index in [0.717, 1.165) is 16.7 Å². The van der Waals surface area contributed by atoms with E-state index in [1.165, 1.54) is 0 Å². The van der Waals surface area contributed by atoms with Crippen LogP contribution in [0, 0.1) is 0 Å². The maximum atomic E-state index is 12.3. The number of hydrogen-bond acceptors (Lipinski definition) is 1. The second-order valence-corrected chi connectivity index (χ2v) is 6.94.